The van der Waals surface area contributed by atoms with Crippen molar-refractivity contribution < 1.29 is 4.79 Å². The van der Waals surface area contributed by atoms with Crippen LogP contribution in [0.25, 0.3) is 11.1 Å². The van der Waals surface area contributed by atoms with E-state index in [1.807, 2.05) is 25.2 Å². The van der Waals surface area contributed by atoms with Crippen molar-refractivity contribution in [2.24, 2.45) is 0 Å². The largest absolute Gasteiger partial charge is 0.374 e. The van der Waals surface area contributed by atoms with E-state index in [1.165, 1.54) is 11.1 Å². The number of carbonyl (C=O) groups excluding carboxylic acids is 1. The zero-order valence-corrected chi connectivity index (χ0v) is 14.5. The van der Waals surface area contributed by atoms with Gasteiger partial charge >= 0.3 is 0 Å². The number of hydrogen-bond acceptors (Lipinski definition) is 3. The van der Waals surface area contributed by atoms with E-state index in [4.69, 9.17) is 0 Å². The van der Waals surface area contributed by atoms with E-state index in [9.17, 15) is 4.79 Å². The summed E-state index contributed by atoms with van der Waals surface area (Å²) in [7, 11) is 6.20. The first-order valence-corrected chi connectivity index (χ1v) is 8.04. The van der Waals surface area contributed by atoms with E-state index in [0.717, 1.165) is 42.6 Å². The molecule has 0 atom stereocenters. The Labute approximate surface area is 139 Å². The molecule has 2 aromatic rings. The van der Waals surface area contributed by atoms with E-state index >= 15 is 0 Å². The average Bonchev–Trinajstić information content (AvgIpc) is 2.54. The summed E-state index contributed by atoms with van der Waals surface area (Å²) in [5, 5.41) is 0. The molecule has 0 amide bonds. The highest BCUT2D eigenvalue weighted by molar-refractivity contribution is 5.88. The van der Waals surface area contributed by atoms with Gasteiger partial charge in [-0.1, -0.05) is 30.3 Å². The molecule has 0 aliphatic rings. The Morgan fingerprint density at radius 3 is 2.39 bits per heavy atom. The van der Waals surface area contributed by atoms with Crippen molar-refractivity contribution >= 4 is 12.0 Å². The standard InChI is InChI=1S/C20H26N2O/c1-16-8-5-6-9-19(16)17-10-11-20(18(14-17)15-23)22(4)13-7-12-21(2)3/h5-6,8-11,14-15H,7,12-13H2,1-4H3. The highest BCUT2D eigenvalue weighted by Gasteiger charge is 2.10. The van der Waals surface area contributed by atoms with Crippen LogP contribution in [0.4, 0.5) is 5.69 Å². The van der Waals surface area contributed by atoms with Gasteiger partial charge in [0, 0.05) is 24.8 Å². The van der Waals surface area contributed by atoms with Crippen LogP contribution in [0.3, 0.4) is 0 Å². The molecule has 0 aromatic heterocycles. The summed E-state index contributed by atoms with van der Waals surface area (Å²) in [5.74, 6) is 0. The molecule has 0 aliphatic heterocycles. The molecule has 0 N–H and O–H groups in total. The van der Waals surface area contributed by atoms with Gasteiger partial charge in [-0.25, -0.2) is 0 Å². The monoisotopic (exact) mass is 310 g/mol. The molecule has 0 fully saturated rings. The minimum Gasteiger partial charge on any atom is -0.374 e. The van der Waals surface area contributed by atoms with Crippen LogP contribution in [0.2, 0.25) is 0 Å². The minimum atomic E-state index is 0.748. The number of carbonyl (C=O) groups is 1. The van der Waals surface area contributed by atoms with Crippen molar-refractivity contribution in [2.75, 3.05) is 39.1 Å². The van der Waals surface area contributed by atoms with E-state index in [-0.39, 0.29) is 0 Å². The maximum Gasteiger partial charge on any atom is 0.152 e. The molecule has 0 saturated heterocycles. The second-order valence-electron chi connectivity index (χ2n) is 6.28. The van der Waals surface area contributed by atoms with Crippen LogP contribution >= 0.6 is 0 Å². The maximum absolute atomic E-state index is 11.5. The molecule has 0 bridgehead atoms. The topological polar surface area (TPSA) is 23.6 Å². The van der Waals surface area contributed by atoms with Gasteiger partial charge in [-0.15, -0.1) is 0 Å². The molecule has 0 unspecified atom stereocenters. The number of anilines is 1. The van der Waals surface area contributed by atoms with Gasteiger partial charge in [-0.3, -0.25) is 4.79 Å². The Kier molecular flexibility index (Phi) is 5.94. The summed E-state index contributed by atoms with van der Waals surface area (Å²) >= 11 is 0. The van der Waals surface area contributed by atoms with Gasteiger partial charge in [0.2, 0.25) is 0 Å². The molecule has 23 heavy (non-hydrogen) atoms. The Morgan fingerprint density at radius 2 is 1.74 bits per heavy atom. The van der Waals surface area contributed by atoms with Gasteiger partial charge in [-0.2, -0.15) is 0 Å². The number of aldehydes is 1. The van der Waals surface area contributed by atoms with Crippen LogP contribution in [0, 0.1) is 6.92 Å². The van der Waals surface area contributed by atoms with Gasteiger partial charge in [-0.05, 0) is 62.8 Å². The molecule has 122 valence electrons. The molecule has 3 heteroatoms. The van der Waals surface area contributed by atoms with E-state index in [0.29, 0.717) is 0 Å². The molecule has 0 saturated carbocycles. The highest BCUT2D eigenvalue weighted by Crippen LogP contribution is 2.28. The summed E-state index contributed by atoms with van der Waals surface area (Å²) in [6, 6.07) is 14.4. The molecular formula is C20H26N2O. The number of nitrogens with zero attached hydrogens (tertiary/aromatic N) is 2. The average molecular weight is 310 g/mol. The van der Waals surface area contributed by atoms with Crippen LogP contribution < -0.4 is 4.90 Å². The Bertz CT molecular complexity index is 664. The Morgan fingerprint density at radius 1 is 1.00 bits per heavy atom. The van der Waals surface area contributed by atoms with Crippen molar-refractivity contribution in [1.29, 1.82) is 0 Å². The minimum absolute atomic E-state index is 0.748. The molecule has 2 rings (SSSR count). The Hall–Kier alpha value is -2.13. The predicted molar refractivity (Wildman–Crippen MR) is 98.4 cm³/mol. The summed E-state index contributed by atoms with van der Waals surface area (Å²) in [5.41, 5.74) is 5.23. The first kappa shape index (κ1) is 17.2. The van der Waals surface area contributed by atoms with Gasteiger partial charge < -0.3 is 9.80 Å². The molecule has 3 nitrogen and oxygen atoms in total. The molecule has 0 heterocycles. The molecule has 0 aliphatic carbocycles. The third-order valence-electron chi connectivity index (χ3n) is 4.12. The number of benzene rings is 2. The Balaban J connectivity index is 2.23. The summed E-state index contributed by atoms with van der Waals surface area (Å²) in [6.45, 7) is 4.07. The number of rotatable bonds is 7. The fraction of sp³-hybridized carbons (Fsp3) is 0.350. The van der Waals surface area contributed by atoms with Crippen molar-refractivity contribution in [3.63, 3.8) is 0 Å². The van der Waals surface area contributed by atoms with Crippen LogP contribution in [0.1, 0.15) is 22.3 Å². The fourth-order valence-corrected chi connectivity index (χ4v) is 2.81. The molecule has 0 radical (unpaired) electrons. The molecule has 2 aromatic carbocycles. The van der Waals surface area contributed by atoms with Gasteiger partial charge in [0.05, 0.1) is 0 Å². The fourth-order valence-electron chi connectivity index (χ4n) is 2.81. The normalized spacial score (nSPS) is 10.8. The quantitative estimate of drug-likeness (QED) is 0.726. The lowest BCUT2D eigenvalue weighted by Crippen LogP contribution is -2.24. The van der Waals surface area contributed by atoms with E-state index in [2.05, 4.69) is 55.1 Å². The SMILES string of the molecule is Cc1ccccc1-c1ccc(N(C)CCCN(C)C)c(C=O)c1. The van der Waals surface area contributed by atoms with Crippen LogP contribution in [0.15, 0.2) is 42.5 Å². The third kappa shape index (κ3) is 4.42. The number of aryl methyl sites for hydroxylation is 1. The van der Waals surface area contributed by atoms with Crippen molar-refractivity contribution in [2.45, 2.75) is 13.3 Å². The second kappa shape index (κ2) is 7.93. The van der Waals surface area contributed by atoms with Gasteiger partial charge in [0.15, 0.2) is 6.29 Å². The summed E-state index contributed by atoms with van der Waals surface area (Å²) in [4.78, 5) is 15.9. The first-order valence-electron chi connectivity index (χ1n) is 8.04. The smallest absolute Gasteiger partial charge is 0.152 e. The van der Waals surface area contributed by atoms with Crippen LogP contribution in [-0.2, 0) is 0 Å². The van der Waals surface area contributed by atoms with Gasteiger partial charge in [0.25, 0.3) is 0 Å². The van der Waals surface area contributed by atoms with E-state index in [1.54, 1.807) is 0 Å². The summed E-state index contributed by atoms with van der Waals surface area (Å²) < 4.78 is 0. The lowest BCUT2D eigenvalue weighted by molar-refractivity contribution is 0.112. The zero-order valence-electron chi connectivity index (χ0n) is 14.5. The van der Waals surface area contributed by atoms with Crippen LogP contribution in [-0.4, -0.2) is 45.4 Å². The first-order chi connectivity index (χ1) is 11.0. The number of hydrogen-bond donors (Lipinski definition) is 0. The summed E-state index contributed by atoms with van der Waals surface area (Å²) in [6.07, 6.45) is 2.03. The maximum atomic E-state index is 11.5. The van der Waals surface area contributed by atoms with Crippen molar-refractivity contribution in [1.82, 2.24) is 4.90 Å². The molecule has 0 spiro atoms. The van der Waals surface area contributed by atoms with Crippen molar-refractivity contribution in [3.8, 4) is 11.1 Å². The second-order valence-corrected chi connectivity index (χ2v) is 6.28. The zero-order chi connectivity index (χ0) is 16.8. The van der Waals surface area contributed by atoms with Crippen molar-refractivity contribution in [3.05, 3.63) is 53.6 Å². The van der Waals surface area contributed by atoms with Gasteiger partial charge in [0.1, 0.15) is 0 Å². The predicted octanol–water partition coefficient (Wildman–Crippen LogP) is 3.86. The third-order valence-corrected chi connectivity index (χ3v) is 4.12. The van der Waals surface area contributed by atoms with E-state index < -0.39 is 0 Å². The lowest BCUT2D eigenvalue weighted by atomic mass is 9.98. The highest BCUT2D eigenvalue weighted by atomic mass is 16.1. The lowest BCUT2D eigenvalue weighted by Gasteiger charge is -2.22. The molecular weight excluding hydrogens is 284 g/mol. The van der Waals surface area contributed by atoms with Crippen LogP contribution in [0.5, 0.6) is 0 Å².